The van der Waals surface area contributed by atoms with Crippen LogP contribution in [0.1, 0.15) is 121 Å². The Morgan fingerprint density at radius 2 is 1.06 bits per heavy atom. The number of anilines is 2. The lowest BCUT2D eigenvalue weighted by atomic mass is 9.90. The monoisotopic (exact) mass is 1140 g/mol. The summed E-state index contributed by atoms with van der Waals surface area (Å²) in [7, 11) is 0. The predicted molar refractivity (Wildman–Crippen MR) is 291 cm³/mol. The van der Waals surface area contributed by atoms with E-state index in [4.69, 9.17) is 62.3 Å². The van der Waals surface area contributed by atoms with Crippen LogP contribution in [0.5, 0.6) is 0 Å². The number of rotatable bonds is 9. The quantitative estimate of drug-likeness (QED) is 0.0965. The normalized spacial score (nSPS) is 21.6. The van der Waals surface area contributed by atoms with Crippen molar-refractivity contribution >= 4 is 115 Å². The summed E-state index contributed by atoms with van der Waals surface area (Å²) in [5, 5.41) is 25.3. The molecule has 70 heavy (non-hydrogen) atoms. The average molecular weight is 1150 g/mol. The van der Waals surface area contributed by atoms with Gasteiger partial charge in [-0.25, -0.2) is 4.39 Å². The summed E-state index contributed by atoms with van der Waals surface area (Å²) in [4.78, 5) is 36.7. The van der Waals surface area contributed by atoms with Crippen LogP contribution in [-0.2, 0) is 14.4 Å². The van der Waals surface area contributed by atoms with Gasteiger partial charge in [0.15, 0.2) is 0 Å². The number of primary amides is 1. The third kappa shape index (κ3) is 13.7. The number of nitrogens with zero attached hydrogens (tertiary/aromatic N) is 5. The van der Waals surface area contributed by atoms with Crippen LogP contribution in [0.15, 0.2) is 100 Å². The number of amides is 3. The molecule has 4 atom stereocenters. The molecule has 3 amide bonds. The molecule has 4 aromatic carbocycles. The SMILES string of the molecule is C[C@@H]1C(C(=O)NC2CCCCCC2)=NN(c2ccc(Cl)cc2Cl)[C@@H]1c1ccc(I)cc1.C[C@@H]1C(C(=O)NC2CCCCCC2)=NN(c2ccc(Cl)cc2Cl)[C@H]1c1ccc(F)cc1.NC(=O)C1=NNCC1. The maximum atomic E-state index is 13.6. The molecule has 0 spiro atoms. The Bertz CT molecular complexity index is 2410. The molecule has 4 aromatic rings. The summed E-state index contributed by atoms with van der Waals surface area (Å²) in [5.41, 5.74) is 12.4. The van der Waals surface area contributed by atoms with E-state index in [9.17, 15) is 18.8 Å². The highest BCUT2D eigenvalue weighted by Gasteiger charge is 2.42. The van der Waals surface area contributed by atoms with Gasteiger partial charge < -0.3 is 21.8 Å². The van der Waals surface area contributed by atoms with Gasteiger partial charge in [-0.3, -0.25) is 24.4 Å². The Morgan fingerprint density at radius 1 is 0.643 bits per heavy atom. The first-order valence-corrected chi connectivity index (χ1v) is 26.6. The zero-order valence-corrected chi connectivity index (χ0v) is 44.4. The number of nitrogens with one attached hydrogen (secondary N) is 3. The molecule has 5 N–H and O–H groups in total. The fourth-order valence-electron chi connectivity index (χ4n) is 9.61. The summed E-state index contributed by atoms with van der Waals surface area (Å²) in [5.74, 6) is -1.23. The number of carbonyl (C=O) groups excluding carboxylic acids is 3. The van der Waals surface area contributed by atoms with Gasteiger partial charge in [0.2, 0.25) is 0 Å². The zero-order valence-electron chi connectivity index (χ0n) is 39.3. The van der Waals surface area contributed by atoms with Crippen LogP contribution in [0.3, 0.4) is 0 Å². The highest BCUT2D eigenvalue weighted by molar-refractivity contribution is 14.1. The molecule has 2 saturated carbocycles. The molecule has 3 heterocycles. The van der Waals surface area contributed by atoms with Gasteiger partial charge in [-0.1, -0.05) is 136 Å². The smallest absolute Gasteiger partial charge is 0.268 e. The molecule has 9 rings (SSSR count). The summed E-state index contributed by atoms with van der Waals surface area (Å²) in [6.07, 6.45) is 14.3. The Labute approximate surface area is 443 Å². The largest absolute Gasteiger partial charge is 0.364 e. The highest BCUT2D eigenvalue weighted by Crippen LogP contribution is 2.44. The third-order valence-corrected chi connectivity index (χ3v) is 15.1. The van der Waals surface area contributed by atoms with Crippen molar-refractivity contribution in [2.45, 2.75) is 121 Å². The van der Waals surface area contributed by atoms with Gasteiger partial charge in [0, 0.05) is 50.5 Å². The predicted octanol–water partition coefficient (Wildman–Crippen LogP) is 12.3. The minimum Gasteiger partial charge on any atom is -0.364 e. The number of hydrogen-bond donors (Lipinski definition) is 4. The minimum absolute atomic E-state index is 0.0671. The van der Waals surface area contributed by atoms with Crippen LogP contribution < -0.4 is 31.8 Å². The summed E-state index contributed by atoms with van der Waals surface area (Å²) < 4.78 is 14.7. The minimum atomic E-state index is -0.421. The number of nitrogens with two attached hydrogens (primary N) is 1. The molecule has 2 fully saturated rings. The average Bonchev–Trinajstić information content (AvgIpc) is 3.95. The summed E-state index contributed by atoms with van der Waals surface area (Å²) in [6.45, 7) is 4.78. The number of hydrogen-bond acceptors (Lipinski definition) is 9. The second kappa shape index (κ2) is 25.3. The first kappa shape index (κ1) is 53.3. The number of carbonyl (C=O) groups is 3. The maximum absolute atomic E-state index is 13.6. The van der Waals surface area contributed by atoms with E-state index < -0.39 is 5.91 Å². The van der Waals surface area contributed by atoms with E-state index in [-0.39, 0.29) is 53.6 Å². The van der Waals surface area contributed by atoms with Gasteiger partial charge in [-0.2, -0.15) is 15.3 Å². The van der Waals surface area contributed by atoms with Gasteiger partial charge in [0.05, 0.1) is 33.5 Å². The van der Waals surface area contributed by atoms with Crippen molar-refractivity contribution in [2.24, 2.45) is 32.9 Å². The molecule has 12 nitrogen and oxygen atoms in total. The van der Waals surface area contributed by atoms with Crippen LogP contribution in [0.2, 0.25) is 20.1 Å². The van der Waals surface area contributed by atoms with Gasteiger partial charge in [0.1, 0.15) is 23.0 Å². The van der Waals surface area contributed by atoms with Gasteiger partial charge in [-0.15, -0.1) is 0 Å². The van der Waals surface area contributed by atoms with Crippen molar-refractivity contribution in [3.05, 3.63) is 126 Å². The van der Waals surface area contributed by atoms with E-state index in [0.717, 1.165) is 65.5 Å². The molecule has 0 bridgehead atoms. The second-order valence-corrected chi connectivity index (χ2v) is 21.3. The Kier molecular flexibility index (Phi) is 19.2. The van der Waals surface area contributed by atoms with Crippen molar-refractivity contribution in [2.75, 3.05) is 16.6 Å². The number of hydrazone groups is 3. The fourth-order valence-corrected chi connectivity index (χ4v) is 11.0. The van der Waals surface area contributed by atoms with Crippen LogP contribution in [0.4, 0.5) is 15.8 Å². The maximum Gasteiger partial charge on any atom is 0.268 e. The van der Waals surface area contributed by atoms with E-state index >= 15 is 0 Å². The Balaban J connectivity index is 0.000000178. The van der Waals surface area contributed by atoms with Crippen LogP contribution in [0, 0.1) is 21.2 Å². The summed E-state index contributed by atoms with van der Waals surface area (Å²) >= 11 is 27.5. The van der Waals surface area contributed by atoms with Crippen LogP contribution in [0.25, 0.3) is 0 Å². The number of halogens is 6. The lowest BCUT2D eigenvalue weighted by Crippen LogP contribution is -2.40. The van der Waals surface area contributed by atoms with E-state index in [1.807, 2.05) is 18.0 Å². The van der Waals surface area contributed by atoms with Crippen molar-refractivity contribution in [3.8, 4) is 0 Å². The van der Waals surface area contributed by atoms with E-state index in [1.54, 1.807) is 47.5 Å². The van der Waals surface area contributed by atoms with E-state index in [0.29, 0.717) is 49.3 Å². The van der Waals surface area contributed by atoms with E-state index in [2.05, 4.69) is 74.9 Å². The molecule has 18 heteroatoms. The molecular formula is C52H59Cl4FIN9O3. The standard InChI is InChI=1S/C24H26Cl2FN3O.C24H26Cl2IN3O.C4H7N3O/c2*1-15-22(24(31)28-19-6-4-2-3-5-7-19)29-30(21-13-10-17(25)14-20(21)26)23(15)16-8-11-18(27)12-9-16;5-4(8)3-1-2-6-7-3/h2*8-15,19,23H,2-7H2,1H3,(H,28,31);6H,1-2H2,(H2,5,8)/t15-,23-;15-,23+;/m11./s1. The van der Waals surface area contributed by atoms with Crippen LogP contribution >= 0.6 is 69.0 Å². The van der Waals surface area contributed by atoms with Crippen molar-refractivity contribution < 1.29 is 18.8 Å². The van der Waals surface area contributed by atoms with Crippen LogP contribution in [-0.4, -0.2) is 53.5 Å². The Hall–Kier alpha value is -4.48. The second-order valence-electron chi connectivity index (χ2n) is 18.3. The molecule has 5 aliphatic rings. The lowest BCUT2D eigenvalue weighted by Gasteiger charge is -2.27. The van der Waals surface area contributed by atoms with Gasteiger partial charge in [0.25, 0.3) is 17.7 Å². The fraction of sp³-hybridized carbons (Fsp3) is 0.423. The number of benzene rings is 4. The topological polar surface area (TPSA) is 157 Å². The summed E-state index contributed by atoms with van der Waals surface area (Å²) in [6, 6.07) is 25.3. The highest BCUT2D eigenvalue weighted by atomic mass is 127. The molecule has 3 aliphatic heterocycles. The van der Waals surface area contributed by atoms with E-state index in [1.165, 1.54) is 50.7 Å². The third-order valence-electron chi connectivity index (χ3n) is 13.3. The molecule has 2 aliphatic carbocycles. The molecule has 0 unspecified atom stereocenters. The molecule has 0 radical (unpaired) electrons. The van der Waals surface area contributed by atoms with Gasteiger partial charge >= 0.3 is 0 Å². The van der Waals surface area contributed by atoms with Gasteiger partial charge in [-0.05, 0) is 120 Å². The lowest BCUT2D eigenvalue weighted by molar-refractivity contribution is -0.116. The zero-order chi connectivity index (χ0) is 49.9. The molecule has 372 valence electrons. The molecular weight excluding hydrogens is 1090 g/mol. The first-order chi connectivity index (χ1) is 33.7. The first-order valence-electron chi connectivity index (χ1n) is 24.1. The Morgan fingerprint density at radius 3 is 1.41 bits per heavy atom. The molecule has 0 saturated heterocycles. The van der Waals surface area contributed by atoms with Crippen molar-refractivity contribution in [1.29, 1.82) is 0 Å². The molecule has 0 aromatic heterocycles. The van der Waals surface area contributed by atoms with Crippen molar-refractivity contribution in [1.82, 2.24) is 16.1 Å². The van der Waals surface area contributed by atoms with Crippen molar-refractivity contribution in [3.63, 3.8) is 0 Å².